The van der Waals surface area contributed by atoms with Crippen LogP contribution in [0.3, 0.4) is 0 Å². The van der Waals surface area contributed by atoms with E-state index in [1.54, 1.807) is 12.1 Å². The zero-order valence-electron chi connectivity index (χ0n) is 13.8. The Balaban J connectivity index is 2.09. The molecule has 0 aliphatic rings. The fourth-order valence-electron chi connectivity index (χ4n) is 2.49. The predicted octanol–water partition coefficient (Wildman–Crippen LogP) is 3.27. The Hall–Kier alpha value is -2.58. The summed E-state index contributed by atoms with van der Waals surface area (Å²) in [7, 11) is -4.27. The SMILES string of the molecule is CCOc1cc(OCC)cc(-c2nc3cc(S(=O)(=O)O)ccc3[nH]2)c1. The van der Waals surface area contributed by atoms with Crippen molar-refractivity contribution in [1.29, 1.82) is 0 Å². The third kappa shape index (κ3) is 3.75. The molecule has 2 N–H and O–H groups in total. The summed E-state index contributed by atoms with van der Waals surface area (Å²) in [5, 5.41) is 0. The molecule has 0 aliphatic carbocycles. The number of benzene rings is 2. The first-order valence-electron chi connectivity index (χ1n) is 7.79. The first kappa shape index (κ1) is 17.2. The standard InChI is InChI=1S/C17H18N2O5S/c1-3-23-12-7-11(8-13(9-12)24-4-2)17-18-15-6-5-14(25(20,21)22)10-16(15)19-17/h5-10H,3-4H2,1-2H3,(H,18,19)(H,20,21,22). The van der Waals surface area contributed by atoms with Gasteiger partial charge in [0, 0.05) is 11.6 Å². The third-order valence-corrected chi connectivity index (χ3v) is 4.38. The number of H-pyrrole nitrogens is 1. The van der Waals surface area contributed by atoms with Crippen molar-refractivity contribution < 1.29 is 22.4 Å². The maximum absolute atomic E-state index is 11.3. The smallest absolute Gasteiger partial charge is 0.294 e. The predicted molar refractivity (Wildman–Crippen MR) is 93.7 cm³/mol. The van der Waals surface area contributed by atoms with Crippen molar-refractivity contribution in [2.24, 2.45) is 0 Å². The molecule has 3 rings (SSSR count). The largest absolute Gasteiger partial charge is 0.494 e. The number of nitrogens with zero attached hydrogens (tertiary/aromatic N) is 1. The van der Waals surface area contributed by atoms with E-state index in [0.29, 0.717) is 41.6 Å². The van der Waals surface area contributed by atoms with Gasteiger partial charge in [-0.25, -0.2) is 4.98 Å². The lowest BCUT2D eigenvalue weighted by atomic mass is 10.2. The Bertz CT molecular complexity index is 987. The van der Waals surface area contributed by atoms with Crippen molar-refractivity contribution >= 4 is 21.2 Å². The van der Waals surface area contributed by atoms with Gasteiger partial charge in [-0.3, -0.25) is 4.55 Å². The van der Waals surface area contributed by atoms with E-state index in [9.17, 15) is 8.42 Å². The summed E-state index contributed by atoms with van der Waals surface area (Å²) in [5.74, 6) is 1.86. The summed E-state index contributed by atoms with van der Waals surface area (Å²) in [6, 6.07) is 9.66. The summed E-state index contributed by atoms with van der Waals surface area (Å²) in [6.45, 7) is 4.83. The third-order valence-electron chi connectivity index (χ3n) is 3.53. The van der Waals surface area contributed by atoms with Crippen molar-refractivity contribution in [2.45, 2.75) is 18.7 Å². The summed E-state index contributed by atoms with van der Waals surface area (Å²) in [5.41, 5.74) is 1.84. The molecular weight excluding hydrogens is 344 g/mol. The molecule has 0 atom stereocenters. The first-order valence-corrected chi connectivity index (χ1v) is 9.23. The minimum absolute atomic E-state index is 0.198. The number of aromatic amines is 1. The highest BCUT2D eigenvalue weighted by atomic mass is 32.2. The molecule has 3 aromatic rings. The van der Waals surface area contributed by atoms with E-state index < -0.39 is 10.1 Å². The van der Waals surface area contributed by atoms with Crippen LogP contribution in [0.4, 0.5) is 0 Å². The number of fused-ring (bicyclic) bond motifs is 1. The van der Waals surface area contributed by atoms with Crippen LogP contribution in [0.2, 0.25) is 0 Å². The van der Waals surface area contributed by atoms with Crippen LogP contribution in [-0.4, -0.2) is 36.2 Å². The molecule has 0 fully saturated rings. The Morgan fingerprint density at radius 3 is 2.24 bits per heavy atom. The normalized spacial score (nSPS) is 11.6. The van der Waals surface area contributed by atoms with Gasteiger partial charge in [0.15, 0.2) is 0 Å². The van der Waals surface area contributed by atoms with Crippen LogP contribution in [-0.2, 0) is 10.1 Å². The van der Waals surface area contributed by atoms with Gasteiger partial charge in [0.1, 0.15) is 17.3 Å². The maximum atomic E-state index is 11.3. The Morgan fingerprint density at radius 1 is 1.04 bits per heavy atom. The number of hydrogen-bond donors (Lipinski definition) is 2. The summed E-state index contributed by atoms with van der Waals surface area (Å²) in [6.07, 6.45) is 0. The van der Waals surface area contributed by atoms with Gasteiger partial charge in [-0.15, -0.1) is 0 Å². The van der Waals surface area contributed by atoms with Crippen LogP contribution in [0.1, 0.15) is 13.8 Å². The van der Waals surface area contributed by atoms with Gasteiger partial charge in [0.2, 0.25) is 0 Å². The van der Waals surface area contributed by atoms with Gasteiger partial charge in [0.05, 0.1) is 29.1 Å². The van der Waals surface area contributed by atoms with Gasteiger partial charge in [-0.2, -0.15) is 8.42 Å². The second kappa shape index (κ2) is 6.73. The molecule has 0 saturated carbocycles. The average molecular weight is 362 g/mol. The average Bonchev–Trinajstić information content (AvgIpc) is 2.97. The second-order valence-corrected chi connectivity index (χ2v) is 6.72. The zero-order valence-corrected chi connectivity index (χ0v) is 14.6. The molecule has 0 amide bonds. The number of nitrogens with one attached hydrogen (secondary N) is 1. The molecule has 0 spiro atoms. The van der Waals surface area contributed by atoms with Gasteiger partial charge in [-0.05, 0) is 44.2 Å². The maximum Gasteiger partial charge on any atom is 0.294 e. The van der Waals surface area contributed by atoms with E-state index in [1.165, 1.54) is 12.1 Å². The molecule has 0 radical (unpaired) electrons. The summed E-state index contributed by atoms with van der Waals surface area (Å²) < 4.78 is 42.8. The topological polar surface area (TPSA) is 102 Å². The number of hydrogen-bond acceptors (Lipinski definition) is 5. The summed E-state index contributed by atoms with van der Waals surface area (Å²) in [4.78, 5) is 7.35. The number of rotatable bonds is 6. The van der Waals surface area contributed by atoms with Crippen molar-refractivity contribution in [3.63, 3.8) is 0 Å². The van der Waals surface area contributed by atoms with E-state index in [-0.39, 0.29) is 4.90 Å². The molecule has 1 heterocycles. The van der Waals surface area contributed by atoms with Crippen molar-refractivity contribution in [2.75, 3.05) is 13.2 Å². The van der Waals surface area contributed by atoms with Gasteiger partial charge >= 0.3 is 0 Å². The van der Waals surface area contributed by atoms with Crippen LogP contribution in [0, 0.1) is 0 Å². The highest BCUT2D eigenvalue weighted by molar-refractivity contribution is 7.85. The quantitative estimate of drug-likeness (QED) is 0.653. The number of aromatic nitrogens is 2. The first-order chi connectivity index (χ1) is 11.9. The highest BCUT2D eigenvalue weighted by Crippen LogP contribution is 2.30. The van der Waals surface area contributed by atoms with E-state index in [1.807, 2.05) is 26.0 Å². The minimum Gasteiger partial charge on any atom is -0.494 e. The fourth-order valence-corrected chi connectivity index (χ4v) is 2.99. The number of imidazole rings is 1. The summed E-state index contributed by atoms with van der Waals surface area (Å²) >= 11 is 0. The monoisotopic (exact) mass is 362 g/mol. The molecular formula is C17H18N2O5S. The van der Waals surface area contributed by atoms with E-state index >= 15 is 0 Å². The highest BCUT2D eigenvalue weighted by Gasteiger charge is 2.14. The molecule has 132 valence electrons. The minimum atomic E-state index is -4.27. The number of ether oxygens (including phenoxy) is 2. The van der Waals surface area contributed by atoms with Crippen molar-refractivity contribution in [3.05, 3.63) is 36.4 Å². The lowest BCUT2D eigenvalue weighted by Gasteiger charge is -2.09. The van der Waals surface area contributed by atoms with E-state index in [0.717, 1.165) is 5.56 Å². The van der Waals surface area contributed by atoms with Crippen molar-refractivity contribution in [3.8, 4) is 22.9 Å². The van der Waals surface area contributed by atoms with Gasteiger partial charge < -0.3 is 14.5 Å². The molecule has 8 heteroatoms. The Morgan fingerprint density at radius 2 is 1.68 bits per heavy atom. The van der Waals surface area contributed by atoms with Gasteiger partial charge in [0.25, 0.3) is 10.1 Å². The molecule has 25 heavy (non-hydrogen) atoms. The van der Waals surface area contributed by atoms with Crippen LogP contribution < -0.4 is 9.47 Å². The lowest BCUT2D eigenvalue weighted by Crippen LogP contribution is -1.97. The lowest BCUT2D eigenvalue weighted by molar-refractivity contribution is 0.323. The second-order valence-electron chi connectivity index (χ2n) is 5.30. The Labute approximate surface area is 145 Å². The molecule has 0 bridgehead atoms. The molecule has 0 aliphatic heterocycles. The molecule has 2 aromatic carbocycles. The van der Waals surface area contributed by atoms with E-state index in [4.69, 9.17) is 14.0 Å². The van der Waals surface area contributed by atoms with Crippen molar-refractivity contribution in [1.82, 2.24) is 9.97 Å². The van der Waals surface area contributed by atoms with Crippen LogP contribution in [0.5, 0.6) is 11.5 Å². The molecule has 0 saturated heterocycles. The molecule has 7 nitrogen and oxygen atoms in total. The Kier molecular flexibility index (Phi) is 4.65. The van der Waals surface area contributed by atoms with Gasteiger partial charge in [-0.1, -0.05) is 0 Å². The zero-order chi connectivity index (χ0) is 18.0. The molecule has 0 unspecified atom stereocenters. The van der Waals surface area contributed by atoms with Crippen LogP contribution >= 0.6 is 0 Å². The fraction of sp³-hybridized carbons (Fsp3) is 0.235. The van der Waals surface area contributed by atoms with Crippen LogP contribution in [0.15, 0.2) is 41.3 Å². The van der Waals surface area contributed by atoms with Crippen LogP contribution in [0.25, 0.3) is 22.4 Å². The van der Waals surface area contributed by atoms with E-state index in [2.05, 4.69) is 9.97 Å². The molecule has 1 aromatic heterocycles.